The molecule has 0 aliphatic carbocycles. The van der Waals surface area contributed by atoms with E-state index in [1.54, 1.807) is 0 Å². The van der Waals surface area contributed by atoms with Crippen molar-refractivity contribution in [3.63, 3.8) is 0 Å². The van der Waals surface area contributed by atoms with Crippen LogP contribution in [-0.2, 0) is 13.0 Å². The van der Waals surface area contributed by atoms with E-state index in [0.717, 1.165) is 47.9 Å². The van der Waals surface area contributed by atoms with Gasteiger partial charge in [-0.3, -0.25) is 4.90 Å². The second-order valence-electron chi connectivity index (χ2n) is 10.1. The van der Waals surface area contributed by atoms with Crippen LogP contribution in [0, 0.1) is 6.92 Å². The monoisotopic (exact) mass is 522 g/mol. The van der Waals surface area contributed by atoms with Crippen molar-refractivity contribution in [1.82, 2.24) is 15.1 Å². The summed E-state index contributed by atoms with van der Waals surface area (Å²) in [5.41, 5.74) is 12.6. The van der Waals surface area contributed by atoms with Crippen molar-refractivity contribution in [2.24, 2.45) is 4.99 Å². The number of nitrogens with zero attached hydrogens (tertiary/aromatic N) is 5. The summed E-state index contributed by atoms with van der Waals surface area (Å²) in [7, 11) is 5.93. The van der Waals surface area contributed by atoms with Crippen molar-refractivity contribution >= 4 is 22.9 Å². The van der Waals surface area contributed by atoms with Gasteiger partial charge >= 0.3 is 0 Å². The number of likely N-dealkylation sites (N-methyl/N-ethyl adjacent to an activating group) is 1. The number of para-hydroxylation sites is 2. The molecule has 1 heterocycles. The molecular formula is C32H38N6O. The first-order valence-corrected chi connectivity index (χ1v) is 13.2. The molecule has 39 heavy (non-hydrogen) atoms. The molecule has 7 heteroatoms. The SMILES string of the molecule is CC(=Nc1ccccc1OC(Cc1ccccc1)CN(C)Cc1ccccc1)c1c(C)nnc(N(C)C)c1N. The number of aromatic nitrogens is 2. The van der Waals surface area contributed by atoms with Gasteiger partial charge in [0.1, 0.15) is 17.5 Å². The third-order valence-corrected chi connectivity index (χ3v) is 6.52. The molecule has 0 saturated carbocycles. The maximum absolute atomic E-state index is 6.70. The molecule has 0 bridgehead atoms. The predicted octanol–water partition coefficient (Wildman–Crippen LogP) is 5.70. The highest BCUT2D eigenvalue weighted by Crippen LogP contribution is 2.31. The van der Waals surface area contributed by atoms with E-state index in [0.29, 0.717) is 11.5 Å². The first-order chi connectivity index (χ1) is 18.8. The minimum atomic E-state index is -0.0764. The number of aryl methyl sites for hydroxylation is 1. The van der Waals surface area contributed by atoms with Crippen LogP contribution in [0.4, 0.5) is 17.2 Å². The Balaban J connectivity index is 1.62. The fourth-order valence-electron chi connectivity index (χ4n) is 4.71. The van der Waals surface area contributed by atoms with Crippen LogP contribution in [-0.4, -0.2) is 54.6 Å². The summed E-state index contributed by atoms with van der Waals surface area (Å²) < 4.78 is 6.70. The summed E-state index contributed by atoms with van der Waals surface area (Å²) in [6.45, 7) is 5.45. The quantitative estimate of drug-likeness (QED) is 0.255. The lowest BCUT2D eigenvalue weighted by Gasteiger charge is -2.26. The van der Waals surface area contributed by atoms with Gasteiger partial charge in [0.15, 0.2) is 5.82 Å². The average molecular weight is 523 g/mol. The molecule has 3 aromatic carbocycles. The third-order valence-electron chi connectivity index (χ3n) is 6.52. The minimum Gasteiger partial charge on any atom is -0.486 e. The highest BCUT2D eigenvalue weighted by Gasteiger charge is 2.19. The van der Waals surface area contributed by atoms with E-state index < -0.39 is 0 Å². The van der Waals surface area contributed by atoms with Crippen molar-refractivity contribution in [3.05, 3.63) is 107 Å². The van der Waals surface area contributed by atoms with Crippen LogP contribution in [0.5, 0.6) is 5.75 Å². The van der Waals surface area contributed by atoms with E-state index in [1.165, 1.54) is 11.1 Å². The van der Waals surface area contributed by atoms with Crippen LogP contribution in [0.3, 0.4) is 0 Å². The van der Waals surface area contributed by atoms with Gasteiger partial charge in [0, 0.05) is 44.9 Å². The van der Waals surface area contributed by atoms with Gasteiger partial charge in [0.2, 0.25) is 0 Å². The summed E-state index contributed by atoms with van der Waals surface area (Å²) in [4.78, 5) is 9.13. The molecule has 4 rings (SSSR count). The molecule has 0 aliphatic rings. The molecule has 1 unspecified atom stereocenters. The highest BCUT2D eigenvalue weighted by molar-refractivity contribution is 6.07. The molecule has 4 aromatic rings. The zero-order chi connectivity index (χ0) is 27.8. The van der Waals surface area contributed by atoms with E-state index in [1.807, 2.05) is 69.2 Å². The summed E-state index contributed by atoms with van der Waals surface area (Å²) in [5.74, 6) is 1.36. The van der Waals surface area contributed by atoms with Gasteiger partial charge in [0.05, 0.1) is 11.4 Å². The van der Waals surface area contributed by atoms with Gasteiger partial charge in [-0.05, 0) is 44.2 Å². The van der Waals surface area contributed by atoms with Crippen molar-refractivity contribution in [2.75, 3.05) is 38.3 Å². The second kappa shape index (κ2) is 13.0. The lowest BCUT2D eigenvalue weighted by molar-refractivity contribution is 0.144. The normalized spacial score (nSPS) is 12.4. The fourth-order valence-corrected chi connectivity index (χ4v) is 4.71. The Bertz CT molecular complexity index is 1390. The van der Waals surface area contributed by atoms with E-state index >= 15 is 0 Å². The zero-order valence-corrected chi connectivity index (χ0v) is 23.5. The minimum absolute atomic E-state index is 0.0764. The Hall–Kier alpha value is -4.23. The van der Waals surface area contributed by atoms with Crippen LogP contribution in [0.25, 0.3) is 0 Å². The zero-order valence-electron chi connectivity index (χ0n) is 23.5. The van der Waals surface area contributed by atoms with Gasteiger partial charge < -0.3 is 15.4 Å². The van der Waals surface area contributed by atoms with Gasteiger partial charge in [0.25, 0.3) is 0 Å². The molecule has 0 saturated heterocycles. The van der Waals surface area contributed by atoms with E-state index in [-0.39, 0.29) is 6.10 Å². The average Bonchev–Trinajstić information content (AvgIpc) is 2.90. The first-order valence-electron chi connectivity index (χ1n) is 13.2. The number of nitrogens with two attached hydrogens (primary N) is 1. The number of rotatable bonds is 11. The van der Waals surface area contributed by atoms with E-state index in [9.17, 15) is 0 Å². The van der Waals surface area contributed by atoms with Gasteiger partial charge in [-0.25, -0.2) is 4.99 Å². The maximum Gasteiger partial charge on any atom is 0.174 e. The summed E-state index contributed by atoms with van der Waals surface area (Å²) in [5, 5.41) is 8.57. The van der Waals surface area contributed by atoms with Gasteiger partial charge in [-0.2, -0.15) is 5.10 Å². The van der Waals surface area contributed by atoms with E-state index in [4.69, 9.17) is 15.5 Å². The number of ether oxygens (including phenoxy) is 1. The number of aliphatic imine (C=N–C) groups is 1. The first kappa shape index (κ1) is 27.8. The van der Waals surface area contributed by atoms with Crippen LogP contribution in [0.15, 0.2) is 89.9 Å². The predicted molar refractivity (Wildman–Crippen MR) is 161 cm³/mol. The van der Waals surface area contributed by atoms with Crippen LogP contribution in [0.2, 0.25) is 0 Å². The fraction of sp³-hybridized carbons (Fsp3) is 0.281. The van der Waals surface area contributed by atoms with Gasteiger partial charge in [-0.1, -0.05) is 72.8 Å². The number of hydrogen-bond acceptors (Lipinski definition) is 7. The molecule has 7 nitrogen and oxygen atoms in total. The summed E-state index contributed by atoms with van der Waals surface area (Å²) >= 11 is 0. The van der Waals surface area contributed by atoms with Crippen molar-refractivity contribution in [3.8, 4) is 5.75 Å². The number of hydrogen-bond donors (Lipinski definition) is 1. The molecule has 0 aliphatic heterocycles. The lowest BCUT2D eigenvalue weighted by atomic mass is 10.1. The lowest BCUT2D eigenvalue weighted by Crippen LogP contribution is -2.34. The van der Waals surface area contributed by atoms with Crippen molar-refractivity contribution in [1.29, 1.82) is 0 Å². The van der Waals surface area contributed by atoms with E-state index in [2.05, 4.69) is 70.7 Å². The molecule has 0 spiro atoms. The molecule has 0 amide bonds. The Morgan fingerprint density at radius 1 is 0.872 bits per heavy atom. The van der Waals surface area contributed by atoms with Crippen LogP contribution < -0.4 is 15.4 Å². The molecule has 1 aromatic heterocycles. The van der Waals surface area contributed by atoms with Crippen LogP contribution >= 0.6 is 0 Å². The topological polar surface area (TPSA) is 79.9 Å². The van der Waals surface area contributed by atoms with Crippen molar-refractivity contribution in [2.45, 2.75) is 32.9 Å². The molecule has 2 N–H and O–H groups in total. The molecule has 1 atom stereocenters. The molecular weight excluding hydrogens is 484 g/mol. The smallest absolute Gasteiger partial charge is 0.174 e. The molecule has 0 radical (unpaired) electrons. The molecule has 0 fully saturated rings. The van der Waals surface area contributed by atoms with Gasteiger partial charge in [-0.15, -0.1) is 5.10 Å². The van der Waals surface area contributed by atoms with Crippen molar-refractivity contribution < 1.29 is 4.74 Å². The maximum atomic E-state index is 6.70. The second-order valence-corrected chi connectivity index (χ2v) is 10.1. The number of nitrogen functional groups attached to an aromatic ring is 1. The third kappa shape index (κ3) is 7.42. The largest absolute Gasteiger partial charge is 0.486 e. The summed E-state index contributed by atoms with van der Waals surface area (Å²) in [6, 6.07) is 28.9. The highest BCUT2D eigenvalue weighted by atomic mass is 16.5. The Labute approximate surface area is 232 Å². The molecule has 202 valence electrons. The summed E-state index contributed by atoms with van der Waals surface area (Å²) in [6.07, 6.45) is 0.705. The Morgan fingerprint density at radius 2 is 1.49 bits per heavy atom. The number of anilines is 2. The van der Waals surface area contributed by atoms with Crippen LogP contribution in [0.1, 0.15) is 29.3 Å². The number of benzene rings is 3. The Morgan fingerprint density at radius 3 is 2.15 bits per heavy atom. The standard InChI is InChI=1S/C32H38N6O/c1-23(30-24(2)35-36-32(31(30)33)37(3)4)34-28-18-12-13-19-29(28)39-27(20-25-14-8-6-9-15-25)22-38(5)21-26-16-10-7-11-17-26/h6-19,27H,20-22H2,1-5H3,(H2,33,35). The Kier molecular flexibility index (Phi) is 9.28.